The summed E-state index contributed by atoms with van der Waals surface area (Å²) >= 11 is 0. The Kier molecular flexibility index (Phi) is 5.52. The van der Waals surface area contributed by atoms with Crippen LogP contribution in [0.4, 0.5) is 10.5 Å². The fourth-order valence-electron chi connectivity index (χ4n) is 2.94. The Labute approximate surface area is 143 Å². The quantitative estimate of drug-likeness (QED) is 0.788. The highest BCUT2D eigenvalue weighted by Gasteiger charge is 2.31. The van der Waals surface area contributed by atoms with Crippen LogP contribution in [0.3, 0.4) is 0 Å². The maximum absolute atomic E-state index is 12.6. The summed E-state index contributed by atoms with van der Waals surface area (Å²) in [5, 5.41) is 0. The van der Waals surface area contributed by atoms with Crippen molar-refractivity contribution in [2.75, 3.05) is 18.6 Å². The third kappa shape index (κ3) is 4.73. The number of aryl methyl sites for hydroxylation is 1. The Morgan fingerprint density at radius 1 is 1.29 bits per heavy atom. The van der Waals surface area contributed by atoms with Gasteiger partial charge in [-0.2, -0.15) is 0 Å². The molecule has 1 amide bonds. The zero-order valence-electron chi connectivity index (χ0n) is 15.2. The Morgan fingerprint density at radius 2 is 2.00 bits per heavy atom. The molecule has 132 valence electrons. The number of ether oxygens (including phenoxy) is 2. The van der Waals surface area contributed by atoms with Crippen LogP contribution in [0, 0.1) is 12.8 Å². The Hall–Kier alpha value is -2.04. The molecule has 1 aromatic carbocycles. The number of hydrogen-bond donors (Lipinski definition) is 0. The largest absolute Gasteiger partial charge is 0.469 e. The average Bonchev–Trinajstić information content (AvgIpc) is 2.50. The maximum Gasteiger partial charge on any atom is 0.414 e. The van der Waals surface area contributed by atoms with Gasteiger partial charge in [0.25, 0.3) is 0 Å². The number of carbonyl (C=O) groups is 2. The smallest absolute Gasteiger partial charge is 0.414 e. The van der Waals surface area contributed by atoms with E-state index >= 15 is 0 Å². The van der Waals surface area contributed by atoms with Crippen molar-refractivity contribution >= 4 is 17.7 Å². The summed E-state index contributed by atoms with van der Waals surface area (Å²) in [4.78, 5) is 25.8. The molecule has 0 saturated heterocycles. The van der Waals surface area contributed by atoms with Gasteiger partial charge in [0.05, 0.1) is 12.8 Å². The molecule has 5 nitrogen and oxygen atoms in total. The predicted molar refractivity (Wildman–Crippen MR) is 93.2 cm³/mol. The lowest BCUT2D eigenvalue weighted by Gasteiger charge is -2.36. The molecule has 5 heteroatoms. The second-order valence-corrected chi connectivity index (χ2v) is 7.41. The van der Waals surface area contributed by atoms with Gasteiger partial charge in [-0.1, -0.05) is 12.1 Å². The van der Waals surface area contributed by atoms with E-state index in [-0.39, 0.29) is 18.0 Å². The van der Waals surface area contributed by atoms with E-state index in [0.29, 0.717) is 19.4 Å². The molecule has 0 aliphatic carbocycles. The van der Waals surface area contributed by atoms with E-state index in [1.54, 1.807) is 4.90 Å². The maximum atomic E-state index is 12.6. The van der Waals surface area contributed by atoms with Crippen molar-refractivity contribution in [2.45, 2.75) is 52.6 Å². The molecule has 1 aliphatic heterocycles. The molecule has 1 atom stereocenters. The molecule has 0 aromatic heterocycles. The second-order valence-electron chi connectivity index (χ2n) is 7.41. The van der Waals surface area contributed by atoms with Crippen LogP contribution in [0.1, 0.15) is 44.7 Å². The number of hydrogen-bond acceptors (Lipinski definition) is 4. The number of anilines is 1. The summed E-state index contributed by atoms with van der Waals surface area (Å²) in [5.74, 6) is 0.000320. The molecule has 0 fully saturated rings. The van der Waals surface area contributed by atoms with Gasteiger partial charge < -0.3 is 9.47 Å². The number of amides is 1. The van der Waals surface area contributed by atoms with Gasteiger partial charge in [-0.3, -0.25) is 9.69 Å². The van der Waals surface area contributed by atoms with Gasteiger partial charge in [-0.25, -0.2) is 4.79 Å². The molecule has 1 aromatic rings. The number of nitrogens with zero attached hydrogens (tertiary/aromatic N) is 1. The summed E-state index contributed by atoms with van der Waals surface area (Å²) in [7, 11) is 1.40. The molecular formula is C19H27NO4. The zero-order chi connectivity index (χ0) is 17.9. The van der Waals surface area contributed by atoms with E-state index in [1.807, 2.05) is 33.8 Å². The van der Waals surface area contributed by atoms with Gasteiger partial charge >= 0.3 is 12.1 Å². The standard InChI is InChI=1S/C19H27NO4/c1-13-6-8-15-11-14(7-9-17(21)23-5)12-20(16(15)10-13)18(22)24-19(2,3)4/h6,8,10,14H,7,9,11-12H2,1-5H3/t14-/m0/s1. The van der Waals surface area contributed by atoms with E-state index in [9.17, 15) is 9.59 Å². The lowest BCUT2D eigenvalue weighted by molar-refractivity contribution is -0.140. The van der Waals surface area contributed by atoms with Crippen LogP contribution in [-0.2, 0) is 20.7 Å². The first-order valence-electron chi connectivity index (χ1n) is 8.36. The molecule has 1 aliphatic rings. The van der Waals surface area contributed by atoms with Crippen molar-refractivity contribution in [1.29, 1.82) is 0 Å². The third-order valence-corrected chi connectivity index (χ3v) is 4.08. The zero-order valence-corrected chi connectivity index (χ0v) is 15.2. The van der Waals surface area contributed by atoms with Crippen molar-refractivity contribution in [3.63, 3.8) is 0 Å². The van der Waals surface area contributed by atoms with Gasteiger partial charge in [0, 0.05) is 13.0 Å². The van der Waals surface area contributed by atoms with E-state index in [0.717, 1.165) is 23.2 Å². The van der Waals surface area contributed by atoms with Crippen LogP contribution >= 0.6 is 0 Å². The van der Waals surface area contributed by atoms with Crippen LogP contribution < -0.4 is 4.90 Å². The lowest BCUT2D eigenvalue weighted by atomic mass is 9.89. The fraction of sp³-hybridized carbons (Fsp3) is 0.579. The first kappa shape index (κ1) is 18.3. The van der Waals surface area contributed by atoms with Crippen molar-refractivity contribution in [3.05, 3.63) is 29.3 Å². The van der Waals surface area contributed by atoms with E-state index < -0.39 is 5.60 Å². The molecule has 24 heavy (non-hydrogen) atoms. The molecule has 1 heterocycles. The molecule has 0 N–H and O–H groups in total. The van der Waals surface area contributed by atoms with E-state index in [2.05, 4.69) is 12.1 Å². The average molecular weight is 333 g/mol. The van der Waals surface area contributed by atoms with Crippen molar-refractivity contribution in [3.8, 4) is 0 Å². The van der Waals surface area contributed by atoms with Crippen LogP contribution in [-0.4, -0.2) is 31.3 Å². The summed E-state index contributed by atoms with van der Waals surface area (Å²) in [6.45, 7) is 8.15. The number of carbonyl (C=O) groups excluding carboxylic acids is 2. The molecule has 0 spiro atoms. The number of methoxy groups -OCH3 is 1. The first-order chi connectivity index (χ1) is 11.2. The fourth-order valence-corrected chi connectivity index (χ4v) is 2.94. The summed E-state index contributed by atoms with van der Waals surface area (Å²) in [5.41, 5.74) is 2.60. The number of benzene rings is 1. The van der Waals surface area contributed by atoms with Gasteiger partial charge in [0.1, 0.15) is 5.60 Å². The lowest BCUT2D eigenvalue weighted by Crippen LogP contribution is -2.43. The second kappa shape index (κ2) is 7.24. The van der Waals surface area contributed by atoms with Crippen LogP contribution in [0.5, 0.6) is 0 Å². The predicted octanol–water partition coefficient (Wildman–Crippen LogP) is 3.86. The molecule has 0 saturated carbocycles. The van der Waals surface area contributed by atoms with Crippen molar-refractivity contribution in [1.82, 2.24) is 0 Å². The molecular weight excluding hydrogens is 306 g/mol. The third-order valence-electron chi connectivity index (χ3n) is 4.08. The summed E-state index contributed by atoms with van der Waals surface area (Å²) in [6, 6.07) is 6.14. The van der Waals surface area contributed by atoms with Crippen LogP contribution in [0.25, 0.3) is 0 Å². The van der Waals surface area contributed by atoms with Crippen molar-refractivity contribution in [2.24, 2.45) is 5.92 Å². The van der Waals surface area contributed by atoms with Gasteiger partial charge in [0.15, 0.2) is 0 Å². The molecule has 0 unspecified atom stereocenters. The highest BCUT2D eigenvalue weighted by molar-refractivity contribution is 5.89. The number of esters is 1. The molecule has 0 radical (unpaired) electrons. The molecule has 0 bridgehead atoms. The number of fused-ring (bicyclic) bond motifs is 1. The summed E-state index contributed by atoms with van der Waals surface area (Å²) in [6.07, 6.45) is 1.58. The molecule has 2 rings (SSSR count). The Balaban J connectivity index is 2.22. The van der Waals surface area contributed by atoms with E-state index in [4.69, 9.17) is 9.47 Å². The van der Waals surface area contributed by atoms with Crippen LogP contribution in [0.2, 0.25) is 0 Å². The Bertz CT molecular complexity index is 618. The van der Waals surface area contributed by atoms with Crippen LogP contribution in [0.15, 0.2) is 18.2 Å². The minimum atomic E-state index is -0.542. The SMILES string of the molecule is COC(=O)CC[C@H]1Cc2ccc(C)cc2N(C(=O)OC(C)(C)C)C1. The normalized spacial score (nSPS) is 17.2. The minimum absolute atomic E-state index is 0.214. The topological polar surface area (TPSA) is 55.8 Å². The highest BCUT2D eigenvalue weighted by atomic mass is 16.6. The van der Waals surface area contributed by atoms with Gasteiger partial charge in [0.2, 0.25) is 0 Å². The van der Waals surface area contributed by atoms with Gasteiger partial charge in [-0.05, 0) is 63.6 Å². The number of rotatable bonds is 3. The van der Waals surface area contributed by atoms with Gasteiger partial charge in [-0.15, -0.1) is 0 Å². The highest BCUT2D eigenvalue weighted by Crippen LogP contribution is 2.33. The Morgan fingerprint density at radius 3 is 2.62 bits per heavy atom. The summed E-state index contributed by atoms with van der Waals surface area (Å²) < 4.78 is 10.3. The monoisotopic (exact) mass is 333 g/mol. The minimum Gasteiger partial charge on any atom is -0.469 e. The van der Waals surface area contributed by atoms with Crippen molar-refractivity contribution < 1.29 is 19.1 Å². The van der Waals surface area contributed by atoms with E-state index in [1.165, 1.54) is 7.11 Å². The first-order valence-corrected chi connectivity index (χ1v) is 8.36.